The van der Waals surface area contributed by atoms with Crippen LogP contribution in [0.1, 0.15) is 50.5 Å². The van der Waals surface area contributed by atoms with Crippen LogP contribution in [0.4, 0.5) is 0 Å². The normalized spacial score (nSPS) is 9.32. The maximum atomic E-state index is 11.7. The Morgan fingerprint density at radius 2 is 1.60 bits per heavy atom. The largest absolute Gasteiger partial charge is 0.462 e. The number of ether oxygens (including phenoxy) is 1. The Morgan fingerprint density at radius 1 is 1.04 bits per heavy atom. The summed E-state index contributed by atoms with van der Waals surface area (Å²) in [4.78, 5) is 21.2. The second-order valence-electron chi connectivity index (χ2n) is 5.60. The zero-order valence-corrected chi connectivity index (χ0v) is 15.3. The molecule has 2 rings (SSSR count). The fourth-order valence-corrected chi connectivity index (χ4v) is 2.26. The quantitative estimate of drug-likeness (QED) is 0.616. The minimum atomic E-state index is -0.284. The van der Waals surface area contributed by atoms with E-state index < -0.39 is 0 Å². The van der Waals surface area contributed by atoms with Gasteiger partial charge in [-0.05, 0) is 56.5 Å². The van der Waals surface area contributed by atoms with Crippen LogP contribution in [0, 0.1) is 6.92 Å². The lowest BCUT2D eigenvalue weighted by Gasteiger charge is -2.07. The van der Waals surface area contributed by atoms with Crippen LogP contribution in [0.2, 0.25) is 5.02 Å². The molecule has 0 radical (unpaired) electrons. The fraction of sp³-hybridized carbons (Fsp3) is 0.333. The number of carbonyl (C=O) groups excluding carboxylic acids is 2. The summed E-state index contributed by atoms with van der Waals surface area (Å²) >= 11 is 6.24. The van der Waals surface area contributed by atoms with Gasteiger partial charge in [-0.2, -0.15) is 0 Å². The number of hydrogen-bond acceptors (Lipinski definition) is 3. The van der Waals surface area contributed by atoms with Gasteiger partial charge in [-0.3, -0.25) is 0 Å². The number of benzene rings is 2. The first-order chi connectivity index (χ1) is 11.3. The predicted octanol–water partition coefficient (Wildman–Crippen LogP) is 6.11. The number of aryl methyl sites for hydroxylation is 1. The lowest BCUT2D eigenvalue weighted by molar-refractivity contribution is -0.115. The maximum absolute atomic E-state index is 11.7. The van der Waals surface area contributed by atoms with Gasteiger partial charge in [0.05, 0.1) is 12.2 Å². The summed E-state index contributed by atoms with van der Waals surface area (Å²) in [7, 11) is 0. The van der Waals surface area contributed by atoms with Crippen molar-refractivity contribution in [1.82, 2.24) is 0 Å². The predicted molar refractivity (Wildman–Crippen MR) is 105 cm³/mol. The summed E-state index contributed by atoms with van der Waals surface area (Å²) < 4.78 is 5.10. The highest BCUT2D eigenvalue weighted by Crippen LogP contribution is 2.28. The Bertz CT molecular complexity index is 687. The molecule has 0 aliphatic carbocycles. The molecule has 3 nitrogen and oxygen atoms in total. The number of ketones is 1. The van der Waals surface area contributed by atoms with E-state index in [1.54, 1.807) is 12.1 Å². The van der Waals surface area contributed by atoms with Crippen LogP contribution in [-0.2, 0) is 9.53 Å². The number of Topliss-reactive ketones (excluding diaryl/α,β-unsaturated/α-hetero) is 1. The molecule has 0 unspecified atom stereocenters. The lowest BCUT2D eigenvalue weighted by atomic mass is 10.0. The van der Waals surface area contributed by atoms with Gasteiger partial charge in [0.2, 0.25) is 0 Å². The van der Waals surface area contributed by atoms with Crippen molar-refractivity contribution < 1.29 is 14.3 Å². The van der Waals surface area contributed by atoms with Crippen molar-refractivity contribution in [3.63, 3.8) is 0 Å². The van der Waals surface area contributed by atoms with Gasteiger partial charge in [0.25, 0.3) is 0 Å². The maximum Gasteiger partial charge on any atom is 0.338 e. The molecule has 136 valence electrons. The molecule has 0 aliphatic rings. The zero-order chi connectivity index (χ0) is 18.1. The Morgan fingerprint density at radius 3 is 2.08 bits per heavy atom. The van der Waals surface area contributed by atoms with Crippen molar-refractivity contribution in [1.29, 1.82) is 0 Å². The lowest BCUT2D eigenvalue weighted by Crippen LogP contribution is -2.05. The topological polar surface area (TPSA) is 43.4 Å². The minimum absolute atomic E-state index is 0. The molecule has 0 aliphatic heterocycles. The van der Waals surface area contributed by atoms with Crippen molar-refractivity contribution in [3.8, 4) is 11.1 Å². The molecule has 0 atom stereocenters. The van der Waals surface area contributed by atoms with Gasteiger partial charge in [-0.15, -0.1) is 0 Å². The number of rotatable bonds is 4. The zero-order valence-electron chi connectivity index (χ0n) is 14.6. The van der Waals surface area contributed by atoms with Crippen molar-refractivity contribution in [3.05, 3.63) is 58.6 Å². The van der Waals surface area contributed by atoms with E-state index >= 15 is 0 Å². The molecule has 2 aromatic rings. The van der Waals surface area contributed by atoms with Gasteiger partial charge in [-0.25, -0.2) is 4.79 Å². The summed E-state index contributed by atoms with van der Waals surface area (Å²) in [5, 5.41) is 0.714. The molecule has 0 N–H and O–H groups in total. The number of carbonyl (C=O) groups is 2. The van der Waals surface area contributed by atoms with Crippen molar-refractivity contribution in [2.24, 2.45) is 0 Å². The highest BCUT2D eigenvalue weighted by Gasteiger charge is 2.08. The first kappa shape index (κ1) is 22.9. The minimum Gasteiger partial charge on any atom is -0.462 e. The molecule has 0 spiro atoms. The first-order valence-corrected chi connectivity index (χ1v) is 8.23. The van der Waals surface area contributed by atoms with Gasteiger partial charge in [0.1, 0.15) is 5.78 Å². The Hall–Kier alpha value is -2.13. The van der Waals surface area contributed by atoms with Gasteiger partial charge in [0.15, 0.2) is 0 Å². The van der Waals surface area contributed by atoms with E-state index in [-0.39, 0.29) is 19.2 Å². The molecule has 0 saturated carbocycles. The van der Waals surface area contributed by atoms with Crippen molar-refractivity contribution in [2.45, 2.75) is 41.5 Å². The summed E-state index contributed by atoms with van der Waals surface area (Å²) in [6, 6.07) is 13.2. The smallest absolute Gasteiger partial charge is 0.338 e. The van der Waals surface area contributed by atoms with Crippen LogP contribution in [0.25, 0.3) is 11.1 Å². The van der Waals surface area contributed by atoms with E-state index in [1.165, 1.54) is 13.8 Å². The van der Waals surface area contributed by atoms with Crippen LogP contribution >= 0.6 is 11.6 Å². The van der Waals surface area contributed by atoms with Gasteiger partial charge < -0.3 is 9.53 Å². The molecule has 0 aromatic heterocycles. The van der Waals surface area contributed by atoms with Crippen molar-refractivity contribution >= 4 is 23.4 Å². The Balaban J connectivity index is 0.00000104. The van der Waals surface area contributed by atoms with E-state index in [2.05, 4.69) is 0 Å². The highest BCUT2D eigenvalue weighted by molar-refractivity contribution is 6.33. The molecule has 0 saturated heterocycles. The molecule has 0 bridgehead atoms. The average molecular weight is 363 g/mol. The van der Waals surface area contributed by atoms with Crippen LogP contribution < -0.4 is 0 Å². The molecular weight excluding hydrogens is 336 g/mol. The molecule has 0 heterocycles. The number of halogens is 1. The first-order valence-electron chi connectivity index (χ1n) is 7.86. The summed E-state index contributed by atoms with van der Waals surface area (Å²) in [5.74, 6) is -0.117. The van der Waals surface area contributed by atoms with Gasteiger partial charge in [0, 0.05) is 10.6 Å². The fourth-order valence-electron chi connectivity index (χ4n) is 1.92. The third kappa shape index (κ3) is 7.99. The summed E-state index contributed by atoms with van der Waals surface area (Å²) in [5.41, 5.74) is 3.64. The Labute approximate surface area is 156 Å². The monoisotopic (exact) mass is 362 g/mol. The second kappa shape index (κ2) is 11.4. The molecular formula is C21H27ClO3. The molecule has 0 fully saturated rings. The van der Waals surface area contributed by atoms with Crippen LogP contribution in [0.5, 0.6) is 0 Å². The highest BCUT2D eigenvalue weighted by atomic mass is 35.5. The van der Waals surface area contributed by atoms with E-state index in [0.29, 0.717) is 17.2 Å². The molecule has 0 amide bonds. The van der Waals surface area contributed by atoms with E-state index in [4.69, 9.17) is 16.3 Å². The Kier molecular flexibility index (Phi) is 10.5. The van der Waals surface area contributed by atoms with Gasteiger partial charge >= 0.3 is 5.97 Å². The number of hydrogen-bond donors (Lipinski definition) is 0. The van der Waals surface area contributed by atoms with Crippen LogP contribution in [-0.4, -0.2) is 18.4 Å². The summed E-state index contributed by atoms with van der Waals surface area (Å²) in [6.45, 7) is 7.47. The number of esters is 1. The van der Waals surface area contributed by atoms with E-state index in [1.807, 2.05) is 44.2 Å². The molecule has 25 heavy (non-hydrogen) atoms. The SMILES string of the molecule is C.CC(C)=O.CCCOC(=O)c1ccc(-c2ccc(C)cc2Cl)cc1. The van der Waals surface area contributed by atoms with Crippen molar-refractivity contribution in [2.75, 3.05) is 6.61 Å². The third-order valence-corrected chi connectivity index (χ3v) is 3.31. The molecule has 2 aromatic carbocycles. The average Bonchev–Trinajstić information content (AvgIpc) is 2.52. The van der Waals surface area contributed by atoms with E-state index in [9.17, 15) is 9.59 Å². The van der Waals surface area contributed by atoms with Crippen LogP contribution in [0.15, 0.2) is 42.5 Å². The van der Waals surface area contributed by atoms with Gasteiger partial charge in [-0.1, -0.05) is 50.2 Å². The summed E-state index contributed by atoms with van der Waals surface area (Å²) in [6.07, 6.45) is 0.822. The van der Waals surface area contributed by atoms with Crippen LogP contribution in [0.3, 0.4) is 0 Å². The third-order valence-electron chi connectivity index (χ3n) is 2.99. The second-order valence-corrected chi connectivity index (χ2v) is 6.01. The van der Waals surface area contributed by atoms with E-state index in [0.717, 1.165) is 23.1 Å². The molecule has 4 heteroatoms. The standard InChI is InChI=1S/C17H17ClO2.C3H6O.CH4/c1-3-10-20-17(19)14-7-5-13(6-8-14)15-9-4-12(2)11-16(15)18;1-3(2)4;/h4-9,11H,3,10H2,1-2H3;1-2H3;1H4.